The average Bonchev–Trinajstić information content (AvgIpc) is 3.43. The zero-order valence-electron chi connectivity index (χ0n) is 22.8. The first-order valence-corrected chi connectivity index (χ1v) is 13.9. The van der Waals surface area contributed by atoms with Gasteiger partial charge in [0.15, 0.2) is 0 Å². The monoisotopic (exact) mass is 601 g/mol. The number of benzene rings is 1. The average molecular weight is 602 g/mol. The number of piperidine rings is 1. The third-order valence-electron chi connectivity index (χ3n) is 7.74. The highest BCUT2D eigenvalue weighted by molar-refractivity contribution is 5.85. The van der Waals surface area contributed by atoms with Crippen molar-refractivity contribution in [2.24, 2.45) is 5.92 Å². The first-order chi connectivity index (χ1) is 19.8. The first kappa shape index (κ1) is 31.4. The molecule has 8 nitrogen and oxygen atoms in total. The Morgan fingerprint density at radius 3 is 2.21 bits per heavy atom. The number of aromatic nitrogens is 2. The summed E-state index contributed by atoms with van der Waals surface area (Å²) < 4.78 is 79.7. The fraction of sp³-hybridized carbons (Fsp3) is 0.571. The van der Waals surface area contributed by atoms with Crippen LogP contribution in [0.25, 0.3) is 0 Å². The molecule has 14 heteroatoms. The van der Waals surface area contributed by atoms with E-state index in [-0.39, 0.29) is 24.6 Å². The normalized spacial score (nSPS) is 18.4. The SMILES string of the molecule is O=C(O)CCCC1CCN(c2cc(N3CCC[C@H]3C(=O)NCCc3ccc(C(F)(F)F)cc3)nc(C(F)(F)F)n2)CC1. The minimum atomic E-state index is -4.79. The Hall–Kier alpha value is -3.58. The largest absolute Gasteiger partial charge is 0.481 e. The van der Waals surface area contributed by atoms with Gasteiger partial charge >= 0.3 is 18.3 Å². The molecule has 0 radical (unpaired) electrons. The number of halogens is 6. The first-order valence-electron chi connectivity index (χ1n) is 13.9. The highest BCUT2D eigenvalue weighted by atomic mass is 19.4. The van der Waals surface area contributed by atoms with Gasteiger partial charge in [-0.25, -0.2) is 9.97 Å². The molecule has 0 unspecified atom stereocenters. The van der Waals surface area contributed by atoms with Crippen molar-refractivity contribution in [3.05, 3.63) is 47.3 Å². The van der Waals surface area contributed by atoms with Crippen LogP contribution in [0.2, 0.25) is 0 Å². The van der Waals surface area contributed by atoms with E-state index in [9.17, 15) is 35.9 Å². The Morgan fingerprint density at radius 1 is 0.929 bits per heavy atom. The van der Waals surface area contributed by atoms with Gasteiger partial charge in [0.25, 0.3) is 0 Å². The number of carbonyl (C=O) groups is 2. The number of alkyl halides is 6. The number of carboxylic acids is 1. The maximum Gasteiger partial charge on any atom is 0.451 e. The van der Waals surface area contributed by atoms with Gasteiger partial charge in [-0.2, -0.15) is 26.3 Å². The molecule has 1 atom stereocenters. The molecular weight excluding hydrogens is 568 g/mol. The van der Waals surface area contributed by atoms with E-state index in [0.29, 0.717) is 69.6 Å². The maximum atomic E-state index is 13.8. The van der Waals surface area contributed by atoms with E-state index in [4.69, 9.17) is 5.11 Å². The van der Waals surface area contributed by atoms with Crippen molar-refractivity contribution in [1.82, 2.24) is 15.3 Å². The van der Waals surface area contributed by atoms with Crippen molar-refractivity contribution in [3.8, 4) is 0 Å². The fourth-order valence-corrected chi connectivity index (χ4v) is 5.47. The molecule has 1 aromatic carbocycles. The number of hydrogen-bond acceptors (Lipinski definition) is 6. The second kappa shape index (κ2) is 13.2. The van der Waals surface area contributed by atoms with Crippen LogP contribution in [0.15, 0.2) is 30.3 Å². The summed E-state index contributed by atoms with van der Waals surface area (Å²) in [5.74, 6) is -2.10. The molecule has 2 N–H and O–H groups in total. The number of nitrogens with zero attached hydrogens (tertiary/aromatic N) is 4. The van der Waals surface area contributed by atoms with Gasteiger partial charge in [0.2, 0.25) is 11.7 Å². The number of anilines is 2. The van der Waals surface area contributed by atoms with Gasteiger partial charge < -0.3 is 20.2 Å². The molecule has 2 aliphatic heterocycles. The van der Waals surface area contributed by atoms with E-state index in [1.165, 1.54) is 18.2 Å². The van der Waals surface area contributed by atoms with Gasteiger partial charge in [0, 0.05) is 38.7 Å². The maximum absolute atomic E-state index is 13.8. The van der Waals surface area contributed by atoms with Crippen LogP contribution >= 0.6 is 0 Å². The lowest BCUT2D eigenvalue weighted by Crippen LogP contribution is -2.44. The van der Waals surface area contributed by atoms with Crippen LogP contribution in [-0.4, -0.2) is 59.2 Å². The van der Waals surface area contributed by atoms with Crippen molar-refractivity contribution in [3.63, 3.8) is 0 Å². The molecule has 0 aliphatic carbocycles. The van der Waals surface area contributed by atoms with Crippen LogP contribution in [0.4, 0.5) is 38.0 Å². The summed E-state index contributed by atoms with van der Waals surface area (Å²) >= 11 is 0. The van der Waals surface area contributed by atoms with Crippen molar-refractivity contribution in [2.45, 2.75) is 69.8 Å². The highest BCUT2D eigenvalue weighted by Crippen LogP contribution is 2.34. The molecule has 42 heavy (non-hydrogen) atoms. The van der Waals surface area contributed by atoms with Crippen molar-refractivity contribution in [2.75, 3.05) is 36.0 Å². The summed E-state index contributed by atoms with van der Waals surface area (Å²) in [7, 11) is 0. The zero-order valence-corrected chi connectivity index (χ0v) is 22.8. The lowest BCUT2D eigenvalue weighted by molar-refractivity contribution is -0.145. The molecule has 2 saturated heterocycles. The lowest BCUT2D eigenvalue weighted by Gasteiger charge is -2.34. The summed E-state index contributed by atoms with van der Waals surface area (Å²) in [6.45, 7) is 1.42. The Labute approximate surface area is 239 Å². The minimum Gasteiger partial charge on any atom is -0.481 e. The summed E-state index contributed by atoms with van der Waals surface area (Å²) in [5, 5.41) is 11.6. The quantitative estimate of drug-likeness (QED) is 0.356. The van der Waals surface area contributed by atoms with Gasteiger partial charge in [-0.3, -0.25) is 9.59 Å². The zero-order chi connectivity index (χ0) is 30.5. The Morgan fingerprint density at radius 2 is 1.60 bits per heavy atom. The summed E-state index contributed by atoms with van der Waals surface area (Å²) in [6.07, 6.45) is -5.17. The number of rotatable bonds is 10. The molecule has 0 spiro atoms. The standard InChI is InChI=1S/C28H33F6N5O3/c29-27(30,31)20-8-6-19(7-9-20)10-13-35-25(42)21-4-2-14-39(21)23-17-22(36-26(37-23)28(32,33)34)38-15-11-18(12-16-38)3-1-5-24(40)41/h6-9,17-18,21H,1-5,10-16H2,(H,35,42)(H,40,41)/t21-/m0/s1. The molecule has 0 bridgehead atoms. The number of hydrogen-bond donors (Lipinski definition) is 2. The molecule has 0 saturated carbocycles. The number of amides is 1. The van der Waals surface area contributed by atoms with Gasteiger partial charge in [-0.15, -0.1) is 0 Å². The van der Waals surface area contributed by atoms with E-state index in [1.807, 2.05) is 0 Å². The molecule has 1 aromatic heterocycles. The second-order valence-corrected chi connectivity index (χ2v) is 10.7. The van der Waals surface area contributed by atoms with E-state index in [0.717, 1.165) is 18.6 Å². The molecule has 1 amide bonds. The van der Waals surface area contributed by atoms with E-state index < -0.39 is 41.7 Å². The molecule has 2 aliphatic rings. The summed E-state index contributed by atoms with van der Waals surface area (Å²) in [4.78, 5) is 34.7. The number of nitrogens with one attached hydrogen (secondary N) is 1. The van der Waals surface area contributed by atoms with Crippen LogP contribution in [0.1, 0.15) is 61.9 Å². The summed E-state index contributed by atoms with van der Waals surface area (Å²) in [5.41, 5.74) is -0.160. The molecule has 4 rings (SSSR count). The van der Waals surface area contributed by atoms with Crippen LogP contribution in [0, 0.1) is 5.92 Å². The van der Waals surface area contributed by atoms with E-state index in [1.54, 1.807) is 9.80 Å². The number of carbonyl (C=O) groups excluding carboxylic acids is 1. The Kier molecular flexibility index (Phi) is 9.82. The number of aliphatic carboxylic acids is 1. The molecular formula is C28H33F6N5O3. The summed E-state index contributed by atoms with van der Waals surface area (Å²) in [6, 6.07) is 5.37. The minimum absolute atomic E-state index is 0.0105. The van der Waals surface area contributed by atoms with E-state index >= 15 is 0 Å². The Bertz CT molecular complexity index is 1230. The molecule has 3 heterocycles. The van der Waals surface area contributed by atoms with Crippen LogP contribution in [0.3, 0.4) is 0 Å². The molecule has 2 aromatic rings. The predicted molar refractivity (Wildman–Crippen MR) is 142 cm³/mol. The predicted octanol–water partition coefficient (Wildman–Crippen LogP) is 5.31. The second-order valence-electron chi connectivity index (χ2n) is 10.7. The third-order valence-corrected chi connectivity index (χ3v) is 7.74. The fourth-order valence-electron chi connectivity index (χ4n) is 5.47. The van der Waals surface area contributed by atoms with E-state index in [2.05, 4.69) is 15.3 Å². The molecule has 230 valence electrons. The molecule has 2 fully saturated rings. The van der Waals surface area contributed by atoms with Gasteiger partial charge in [-0.1, -0.05) is 12.1 Å². The van der Waals surface area contributed by atoms with Crippen LogP contribution in [0.5, 0.6) is 0 Å². The Balaban J connectivity index is 1.41. The van der Waals surface area contributed by atoms with Crippen molar-refractivity contribution < 1.29 is 41.0 Å². The highest BCUT2D eigenvalue weighted by Gasteiger charge is 2.39. The van der Waals surface area contributed by atoms with Gasteiger partial charge in [-0.05, 0) is 68.6 Å². The smallest absolute Gasteiger partial charge is 0.451 e. The van der Waals surface area contributed by atoms with Crippen molar-refractivity contribution in [1.29, 1.82) is 0 Å². The van der Waals surface area contributed by atoms with Crippen molar-refractivity contribution >= 4 is 23.5 Å². The number of carboxylic acid groups (broad SMARTS) is 1. The van der Waals surface area contributed by atoms with Crippen LogP contribution < -0.4 is 15.1 Å². The van der Waals surface area contributed by atoms with Crippen LogP contribution in [-0.2, 0) is 28.4 Å². The lowest BCUT2D eigenvalue weighted by atomic mass is 9.91. The third kappa shape index (κ3) is 8.25. The topological polar surface area (TPSA) is 98.7 Å². The van der Waals surface area contributed by atoms with Gasteiger partial charge in [0.05, 0.1) is 5.56 Å². The van der Waals surface area contributed by atoms with Gasteiger partial charge in [0.1, 0.15) is 17.7 Å².